The quantitative estimate of drug-likeness (QED) is 0.140. The number of hydrogen-bond acceptors (Lipinski definition) is 7. The van der Waals surface area contributed by atoms with Gasteiger partial charge in [-0.1, -0.05) is 74.9 Å². The van der Waals surface area contributed by atoms with Crippen LogP contribution in [0.15, 0.2) is 46.9 Å². The molecular formula is C37H55N5O4S. The number of hydrogen-bond donors (Lipinski definition) is 2. The Kier molecular flexibility index (Phi) is 22.2. The molecule has 47 heavy (non-hydrogen) atoms. The minimum absolute atomic E-state index is 0.0253. The molecule has 0 saturated heterocycles. The summed E-state index contributed by atoms with van der Waals surface area (Å²) >= 11 is 1.35. The predicted molar refractivity (Wildman–Crippen MR) is 192 cm³/mol. The summed E-state index contributed by atoms with van der Waals surface area (Å²) < 4.78 is 0. The molecule has 1 fully saturated rings. The van der Waals surface area contributed by atoms with Gasteiger partial charge >= 0.3 is 0 Å². The van der Waals surface area contributed by atoms with Gasteiger partial charge in [0.15, 0.2) is 5.78 Å². The lowest BCUT2D eigenvalue weighted by molar-refractivity contribution is -0.132. The van der Waals surface area contributed by atoms with Crippen LogP contribution in [0.1, 0.15) is 88.8 Å². The van der Waals surface area contributed by atoms with Crippen LogP contribution in [0.3, 0.4) is 0 Å². The second kappa shape index (κ2) is 25.3. The van der Waals surface area contributed by atoms with Gasteiger partial charge < -0.3 is 20.4 Å². The summed E-state index contributed by atoms with van der Waals surface area (Å²) in [5.41, 5.74) is 3.40. The maximum absolute atomic E-state index is 12.6. The number of terminal acetylenes is 1. The Bertz CT molecular complexity index is 1250. The lowest BCUT2D eigenvalue weighted by Crippen LogP contribution is -2.38. The molecule has 3 rings (SSSR count). The van der Waals surface area contributed by atoms with Crippen LogP contribution in [-0.4, -0.2) is 79.1 Å². The number of thiazole rings is 1. The molecule has 1 aromatic heterocycles. The SMILES string of the molecule is C#CCCCCC(=O)CNC(=O)/C(=C\c1cscn1)NC(=O)CCC(=O)N(C)CCN(C)C.CC1CCCCC1.Cc1ccccc1. The maximum Gasteiger partial charge on any atom is 0.268 e. The predicted octanol–water partition coefficient (Wildman–Crippen LogP) is 5.86. The fourth-order valence-corrected chi connectivity index (χ4v) is 4.96. The zero-order valence-corrected chi connectivity index (χ0v) is 29.9. The van der Waals surface area contributed by atoms with Crippen LogP contribution in [0.25, 0.3) is 6.08 Å². The van der Waals surface area contributed by atoms with Crippen molar-refractivity contribution in [2.45, 2.75) is 84.5 Å². The molecular weight excluding hydrogens is 611 g/mol. The largest absolute Gasteiger partial charge is 0.344 e. The maximum atomic E-state index is 12.6. The Labute approximate surface area is 286 Å². The first-order chi connectivity index (χ1) is 22.5. The van der Waals surface area contributed by atoms with Crippen LogP contribution in [0.2, 0.25) is 0 Å². The second-order valence-corrected chi connectivity index (χ2v) is 12.9. The van der Waals surface area contributed by atoms with Crippen LogP contribution in [0.4, 0.5) is 0 Å². The third kappa shape index (κ3) is 21.6. The molecule has 3 amide bonds. The minimum Gasteiger partial charge on any atom is -0.344 e. The molecule has 1 aromatic carbocycles. The number of benzene rings is 1. The second-order valence-electron chi connectivity index (χ2n) is 12.2. The van der Waals surface area contributed by atoms with Crippen LogP contribution >= 0.6 is 11.3 Å². The van der Waals surface area contributed by atoms with Crippen molar-refractivity contribution in [3.63, 3.8) is 0 Å². The van der Waals surface area contributed by atoms with Gasteiger partial charge in [-0.05, 0) is 45.9 Å². The van der Waals surface area contributed by atoms with Crippen molar-refractivity contribution >= 4 is 40.9 Å². The van der Waals surface area contributed by atoms with Gasteiger partial charge in [0, 0.05) is 51.2 Å². The van der Waals surface area contributed by atoms with Gasteiger partial charge in [0.05, 0.1) is 17.7 Å². The molecule has 0 spiro atoms. The van der Waals surface area contributed by atoms with Crippen molar-refractivity contribution in [2.75, 3.05) is 40.8 Å². The number of ketones is 1. The summed E-state index contributed by atoms with van der Waals surface area (Å²) in [6.45, 7) is 5.58. The highest BCUT2D eigenvalue weighted by Gasteiger charge is 2.17. The van der Waals surface area contributed by atoms with Crippen molar-refractivity contribution in [2.24, 2.45) is 5.92 Å². The minimum atomic E-state index is -0.595. The molecule has 0 bridgehead atoms. The van der Waals surface area contributed by atoms with Gasteiger partial charge in [-0.2, -0.15) is 0 Å². The summed E-state index contributed by atoms with van der Waals surface area (Å²) in [7, 11) is 5.52. The monoisotopic (exact) mass is 665 g/mol. The van der Waals surface area contributed by atoms with E-state index in [1.807, 2.05) is 37.2 Å². The fraction of sp³-hybridized carbons (Fsp3) is 0.541. The Morgan fingerprint density at radius 1 is 1.00 bits per heavy atom. The first kappa shape index (κ1) is 41.2. The number of aromatic nitrogens is 1. The normalized spacial score (nSPS) is 12.8. The smallest absolute Gasteiger partial charge is 0.268 e. The van der Waals surface area contributed by atoms with E-state index in [0.717, 1.165) is 18.9 Å². The number of rotatable bonds is 15. The molecule has 10 heteroatoms. The molecule has 2 N–H and O–H groups in total. The number of unbranched alkanes of at least 4 members (excludes halogenated alkanes) is 2. The number of likely N-dealkylation sites (N-methyl/N-ethyl adjacent to an activating group) is 2. The highest BCUT2D eigenvalue weighted by atomic mass is 32.1. The van der Waals surface area contributed by atoms with E-state index in [1.54, 1.807) is 22.8 Å². The fourth-order valence-electron chi connectivity index (χ4n) is 4.45. The topological polar surface area (TPSA) is 112 Å². The summed E-state index contributed by atoms with van der Waals surface area (Å²) in [6, 6.07) is 10.3. The van der Waals surface area contributed by atoms with Gasteiger partial charge in [0.2, 0.25) is 11.8 Å². The Morgan fingerprint density at radius 3 is 2.23 bits per heavy atom. The first-order valence-electron chi connectivity index (χ1n) is 16.5. The van der Waals surface area contributed by atoms with Crippen LogP contribution < -0.4 is 10.6 Å². The molecule has 9 nitrogen and oxygen atoms in total. The number of amides is 3. The first-order valence-corrected chi connectivity index (χ1v) is 17.5. The van der Waals surface area contributed by atoms with E-state index in [4.69, 9.17) is 6.42 Å². The number of aryl methyl sites for hydroxylation is 1. The van der Waals surface area contributed by atoms with E-state index in [9.17, 15) is 19.2 Å². The van der Waals surface area contributed by atoms with Crippen molar-refractivity contribution in [3.8, 4) is 12.3 Å². The van der Waals surface area contributed by atoms with E-state index in [1.165, 1.54) is 55.1 Å². The number of Topliss-reactive ketones (excluding diaryl/α,β-unsaturated/α-hetero) is 1. The van der Waals surface area contributed by atoms with E-state index in [-0.39, 0.29) is 36.8 Å². The van der Waals surface area contributed by atoms with Crippen molar-refractivity contribution < 1.29 is 19.2 Å². The van der Waals surface area contributed by atoms with Crippen molar-refractivity contribution in [1.29, 1.82) is 0 Å². The van der Waals surface area contributed by atoms with E-state index in [2.05, 4.69) is 47.5 Å². The van der Waals surface area contributed by atoms with Crippen molar-refractivity contribution in [3.05, 3.63) is 58.2 Å². The highest BCUT2D eigenvalue weighted by Crippen LogP contribution is 2.22. The molecule has 1 aliphatic rings. The molecule has 258 valence electrons. The Balaban J connectivity index is 0.000000636. The molecule has 0 aliphatic heterocycles. The van der Waals surface area contributed by atoms with E-state index >= 15 is 0 Å². The standard InChI is InChI=1S/C23H33N5O4S.C7H14.C7H8/c1-5-6-7-8-9-19(29)15-24-23(32)20(14-18-16-33-17-25-18)26-21(30)10-11-22(31)28(4)13-12-27(2)3;2*1-7-5-3-2-4-6-7/h1,14,16-17H,6-13,15H2,2-4H3,(H,24,32)(H,26,30);7H,2-6H2,1H3;2-6H,1H3/b20-14+;;. The van der Waals surface area contributed by atoms with Crippen LogP contribution in [0.5, 0.6) is 0 Å². The average Bonchev–Trinajstić information content (AvgIpc) is 3.57. The Morgan fingerprint density at radius 2 is 1.70 bits per heavy atom. The summed E-state index contributed by atoms with van der Waals surface area (Å²) in [6.07, 6.45) is 16.4. The molecule has 0 atom stereocenters. The number of carbonyl (C=O) groups excluding carboxylic acids is 4. The van der Waals surface area contributed by atoms with E-state index in [0.29, 0.717) is 31.5 Å². The van der Waals surface area contributed by atoms with Gasteiger partial charge in [0.1, 0.15) is 5.70 Å². The number of nitrogens with zero attached hydrogens (tertiary/aromatic N) is 3. The lowest BCUT2D eigenvalue weighted by atomic mass is 9.91. The number of carbonyl (C=O) groups is 4. The zero-order chi connectivity index (χ0) is 34.9. The van der Waals surface area contributed by atoms with Crippen molar-refractivity contribution in [1.82, 2.24) is 25.4 Å². The summed E-state index contributed by atoms with van der Waals surface area (Å²) in [5, 5.41) is 6.80. The molecule has 0 unspecified atom stereocenters. The lowest BCUT2D eigenvalue weighted by Gasteiger charge is -2.19. The third-order valence-corrected chi connectivity index (χ3v) is 8.05. The van der Waals surface area contributed by atoms with Crippen LogP contribution in [0, 0.1) is 25.2 Å². The van der Waals surface area contributed by atoms with Gasteiger partial charge in [-0.15, -0.1) is 23.7 Å². The zero-order valence-electron chi connectivity index (χ0n) is 29.1. The molecule has 2 aromatic rings. The average molecular weight is 666 g/mol. The van der Waals surface area contributed by atoms with Gasteiger partial charge in [-0.25, -0.2) is 4.98 Å². The number of nitrogens with one attached hydrogen (secondary N) is 2. The van der Waals surface area contributed by atoms with Gasteiger partial charge in [-0.3, -0.25) is 19.2 Å². The summed E-state index contributed by atoms with van der Waals surface area (Å²) in [4.78, 5) is 56.8. The molecule has 1 aliphatic carbocycles. The molecule has 0 radical (unpaired) electrons. The molecule has 1 heterocycles. The summed E-state index contributed by atoms with van der Waals surface area (Å²) in [5.74, 6) is 2.22. The third-order valence-electron chi connectivity index (χ3n) is 7.44. The Hall–Kier alpha value is -3.81. The van der Waals surface area contributed by atoms with E-state index < -0.39 is 11.8 Å². The van der Waals surface area contributed by atoms with Crippen LogP contribution in [-0.2, 0) is 19.2 Å². The molecule has 1 saturated carbocycles. The van der Waals surface area contributed by atoms with Gasteiger partial charge in [0.25, 0.3) is 5.91 Å². The highest BCUT2D eigenvalue weighted by molar-refractivity contribution is 7.07.